The van der Waals surface area contributed by atoms with Gasteiger partial charge in [-0.2, -0.15) is 13.2 Å². The van der Waals surface area contributed by atoms with Gasteiger partial charge in [0, 0.05) is 12.1 Å². The molecule has 0 aromatic carbocycles. The van der Waals surface area contributed by atoms with Gasteiger partial charge >= 0.3 is 6.18 Å². The minimum Gasteiger partial charge on any atom is -0.326 e. The van der Waals surface area contributed by atoms with Crippen molar-refractivity contribution in [3.63, 3.8) is 0 Å². The molecule has 2 nitrogen and oxygen atoms in total. The van der Waals surface area contributed by atoms with E-state index in [4.69, 9.17) is 5.73 Å². The van der Waals surface area contributed by atoms with Gasteiger partial charge < -0.3 is 5.73 Å². The van der Waals surface area contributed by atoms with Crippen molar-refractivity contribution in [2.75, 3.05) is 13.6 Å². The molecule has 1 fully saturated rings. The van der Waals surface area contributed by atoms with Crippen LogP contribution in [0.1, 0.15) is 25.7 Å². The number of likely N-dealkylation sites (N-methyl/N-ethyl adjacent to an activating group) is 1. The summed E-state index contributed by atoms with van der Waals surface area (Å²) in [6.45, 7) is -0.856. The second kappa shape index (κ2) is 4.49. The van der Waals surface area contributed by atoms with Crippen LogP contribution in [0.2, 0.25) is 0 Å². The van der Waals surface area contributed by atoms with Crippen LogP contribution in [0.4, 0.5) is 13.2 Å². The summed E-state index contributed by atoms with van der Waals surface area (Å²) in [5, 5.41) is 0. The summed E-state index contributed by atoms with van der Waals surface area (Å²) in [5.74, 6) is 0. The van der Waals surface area contributed by atoms with E-state index >= 15 is 0 Å². The summed E-state index contributed by atoms with van der Waals surface area (Å²) in [5.41, 5.74) is 5.79. The third-order valence-electron chi connectivity index (χ3n) is 2.78. The van der Waals surface area contributed by atoms with E-state index in [1.54, 1.807) is 0 Å². The highest BCUT2D eigenvalue weighted by molar-refractivity contribution is 4.85. The van der Waals surface area contributed by atoms with Crippen molar-refractivity contribution in [3.05, 3.63) is 0 Å². The van der Waals surface area contributed by atoms with E-state index in [-0.39, 0.29) is 12.1 Å². The van der Waals surface area contributed by atoms with Crippen molar-refractivity contribution in [3.8, 4) is 0 Å². The van der Waals surface area contributed by atoms with E-state index in [1.165, 1.54) is 11.9 Å². The smallest absolute Gasteiger partial charge is 0.326 e. The molecular formula is C9H17F3N2. The second-order valence-corrected chi connectivity index (χ2v) is 4.05. The third-order valence-corrected chi connectivity index (χ3v) is 2.78. The van der Waals surface area contributed by atoms with Crippen LogP contribution in [0.3, 0.4) is 0 Å². The molecule has 0 bridgehead atoms. The zero-order chi connectivity index (χ0) is 10.8. The van der Waals surface area contributed by atoms with Crippen molar-refractivity contribution in [2.24, 2.45) is 5.73 Å². The largest absolute Gasteiger partial charge is 0.401 e. The first-order valence-corrected chi connectivity index (χ1v) is 4.93. The number of hydrogen-bond donors (Lipinski definition) is 1. The molecule has 1 aliphatic carbocycles. The monoisotopic (exact) mass is 210 g/mol. The van der Waals surface area contributed by atoms with Crippen molar-refractivity contribution in [1.29, 1.82) is 0 Å². The summed E-state index contributed by atoms with van der Waals surface area (Å²) >= 11 is 0. The molecule has 0 spiro atoms. The van der Waals surface area contributed by atoms with Gasteiger partial charge in [-0.05, 0) is 19.9 Å². The lowest BCUT2D eigenvalue weighted by atomic mass is 9.90. The molecule has 5 heteroatoms. The minimum absolute atomic E-state index is 0.101. The minimum atomic E-state index is -4.12. The van der Waals surface area contributed by atoms with E-state index in [1.807, 2.05) is 0 Å². The van der Waals surface area contributed by atoms with Gasteiger partial charge in [-0.3, -0.25) is 4.90 Å². The first-order chi connectivity index (χ1) is 6.40. The Morgan fingerprint density at radius 2 is 1.86 bits per heavy atom. The lowest BCUT2D eigenvalue weighted by Gasteiger charge is -2.36. The van der Waals surface area contributed by atoms with Crippen LogP contribution >= 0.6 is 0 Å². The first-order valence-electron chi connectivity index (χ1n) is 4.93. The molecule has 2 N–H and O–H groups in total. The van der Waals surface area contributed by atoms with Crippen molar-refractivity contribution >= 4 is 0 Å². The quantitative estimate of drug-likeness (QED) is 0.752. The van der Waals surface area contributed by atoms with Crippen LogP contribution in [-0.4, -0.2) is 36.8 Å². The van der Waals surface area contributed by atoms with Gasteiger partial charge in [0.15, 0.2) is 0 Å². The molecule has 2 unspecified atom stereocenters. The fourth-order valence-electron chi connectivity index (χ4n) is 2.09. The topological polar surface area (TPSA) is 29.3 Å². The lowest BCUT2D eigenvalue weighted by molar-refractivity contribution is -0.149. The number of hydrogen-bond acceptors (Lipinski definition) is 2. The summed E-state index contributed by atoms with van der Waals surface area (Å²) in [6, 6.07) is -0.207. The zero-order valence-electron chi connectivity index (χ0n) is 8.35. The van der Waals surface area contributed by atoms with Crippen molar-refractivity contribution < 1.29 is 13.2 Å². The van der Waals surface area contributed by atoms with Crippen LogP contribution in [0, 0.1) is 0 Å². The maximum atomic E-state index is 12.1. The summed E-state index contributed by atoms with van der Waals surface area (Å²) in [6.07, 6.45) is -0.468. The Bertz CT molecular complexity index is 181. The predicted molar refractivity (Wildman–Crippen MR) is 48.9 cm³/mol. The number of nitrogens with zero attached hydrogens (tertiary/aromatic N) is 1. The molecule has 0 amide bonds. The number of nitrogens with two attached hydrogens (primary N) is 1. The summed E-state index contributed by atoms with van der Waals surface area (Å²) in [4.78, 5) is 1.34. The van der Waals surface area contributed by atoms with E-state index in [9.17, 15) is 13.2 Å². The fraction of sp³-hybridized carbons (Fsp3) is 1.00. The average Bonchev–Trinajstić information content (AvgIpc) is 2.01. The van der Waals surface area contributed by atoms with Gasteiger partial charge in [-0.25, -0.2) is 0 Å². The molecule has 84 valence electrons. The van der Waals surface area contributed by atoms with E-state index in [0.29, 0.717) is 0 Å². The van der Waals surface area contributed by atoms with E-state index in [2.05, 4.69) is 0 Å². The van der Waals surface area contributed by atoms with E-state index in [0.717, 1.165) is 25.7 Å². The maximum Gasteiger partial charge on any atom is 0.401 e. The maximum absolute atomic E-state index is 12.1. The molecule has 0 saturated heterocycles. The second-order valence-electron chi connectivity index (χ2n) is 4.05. The van der Waals surface area contributed by atoms with Gasteiger partial charge in [0.25, 0.3) is 0 Å². The summed E-state index contributed by atoms with van der Waals surface area (Å²) in [7, 11) is 1.50. The molecule has 0 heterocycles. The molecule has 1 aliphatic rings. The molecule has 0 aromatic rings. The normalized spacial score (nSPS) is 29.6. The Kier molecular flexibility index (Phi) is 3.78. The van der Waals surface area contributed by atoms with Crippen LogP contribution in [0.15, 0.2) is 0 Å². The van der Waals surface area contributed by atoms with Crippen LogP contribution in [-0.2, 0) is 0 Å². The molecule has 14 heavy (non-hydrogen) atoms. The number of halogens is 3. The zero-order valence-corrected chi connectivity index (χ0v) is 8.35. The molecule has 2 atom stereocenters. The van der Waals surface area contributed by atoms with Crippen LogP contribution < -0.4 is 5.73 Å². The Morgan fingerprint density at radius 3 is 2.36 bits per heavy atom. The fourth-order valence-corrected chi connectivity index (χ4v) is 2.09. The highest BCUT2D eigenvalue weighted by Gasteiger charge is 2.34. The number of rotatable bonds is 2. The lowest BCUT2D eigenvalue weighted by Crippen LogP contribution is -2.50. The molecule has 1 rings (SSSR count). The Balaban J connectivity index is 2.46. The molecule has 0 aromatic heterocycles. The van der Waals surface area contributed by atoms with Crippen molar-refractivity contribution in [1.82, 2.24) is 4.90 Å². The molecule has 0 radical (unpaired) electrons. The van der Waals surface area contributed by atoms with Gasteiger partial charge in [0.05, 0.1) is 6.54 Å². The average molecular weight is 210 g/mol. The van der Waals surface area contributed by atoms with Gasteiger partial charge in [0.2, 0.25) is 0 Å². The predicted octanol–water partition coefficient (Wildman–Crippen LogP) is 1.75. The standard InChI is InChI=1S/C9H17F3N2/c1-14(6-9(10,11)12)8-5-3-2-4-7(8)13/h7-8H,2-6,13H2,1H3. The Hall–Kier alpha value is -0.290. The highest BCUT2D eigenvalue weighted by atomic mass is 19.4. The third kappa shape index (κ3) is 3.46. The summed E-state index contributed by atoms with van der Waals surface area (Å²) < 4.78 is 36.3. The van der Waals surface area contributed by atoms with Gasteiger partial charge in [-0.1, -0.05) is 12.8 Å². The van der Waals surface area contributed by atoms with Crippen molar-refractivity contribution in [2.45, 2.75) is 43.9 Å². The van der Waals surface area contributed by atoms with Crippen LogP contribution in [0.5, 0.6) is 0 Å². The van der Waals surface area contributed by atoms with E-state index < -0.39 is 12.7 Å². The Labute approximate surface area is 82.2 Å². The number of alkyl halides is 3. The Morgan fingerprint density at radius 1 is 1.29 bits per heavy atom. The SMILES string of the molecule is CN(CC(F)(F)F)C1CCCCC1N. The van der Waals surface area contributed by atoms with Crippen LogP contribution in [0.25, 0.3) is 0 Å². The van der Waals surface area contributed by atoms with Gasteiger partial charge in [0.1, 0.15) is 0 Å². The highest BCUT2D eigenvalue weighted by Crippen LogP contribution is 2.24. The molecular weight excluding hydrogens is 193 g/mol. The molecule has 0 aliphatic heterocycles. The first kappa shape index (κ1) is 11.8. The molecule has 1 saturated carbocycles. The van der Waals surface area contributed by atoms with Gasteiger partial charge in [-0.15, -0.1) is 0 Å².